The molecule has 1 saturated carbocycles. The quantitative estimate of drug-likeness (QED) is 0.892. The van der Waals surface area contributed by atoms with Gasteiger partial charge in [-0.3, -0.25) is 9.47 Å². The molecule has 4 rings (SSSR count). The molecular formula is C15H21N3O2. The van der Waals surface area contributed by atoms with Crippen LogP contribution in [0.5, 0.6) is 0 Å². The highest BCUT2D eigenvalue weighted by molar-refractivity contribution is 5.79. The summed E-state index contributed by atoms with van der Waals surface area (Å²) in [5, 5.41) is 0. The lowest BCUT2D eigenvalue weighted by Gasteiger charge is -2.27. The average Bonchev–Trinajstić information content (AvgIpc) is 3.15. The first-order valence-corrected chi connectivity index (χ1v) is 7.17. The van der Waals surface area contributed by atoms with Gasteiger partial charge in [-0.25, -0.2) is 4.79 Å². The predicted molar refractivity (Wildman–Crippen MR) is 78.8 cm³/mol. The zero-order valence-electron chi connectivity index (χ0n) is 11.7. The Balaban J connectivity index is 0.00000121. The van der Waals surface area contributed by atoms with E-state index in [1.54, 1.807) is 0 Å². The highest BCUT2D eigenvalue weighted by atomic mass is 16.1. The number of hydrogen-bond donors (Lipinski definition) is 1. The fraction of sp³-hybridized carbons (Fsp3) is 0.533. The van der Waals surface area contributed by atoms with E-state index >= 15 is 0 Å². The number of aromatic nitrogens is 2. The van der Waals surface area contributed by atoms with Crippen molar-refractivity contribution in [2.45, 2.75) is 38.9 Å². The topological polar surface area (TPSA) is 72.5 Å². The van der Waals surface area contributed by atoms with Gasteiger partial charge in [0.25, 0.3) is 0 Å². The predicted octanol–water partition coefficient (Wildman–Crippen LogP) is 1.12. The molecule has 0 amide bonds. The van der Waals surface area contributed by atoms with E-state index in [0.717, 1.165) is 30.0 Å². The molecular weight excluding hydrogens is 254 g/mol. The van der Waals surface area contributed by atoms with Crippen LogP contribution >= 0.6 is 0 Å². The summed E-state index contributed by atoms with van der Waals surface area (Å²) < 4.78 is 1.92. The van der Waals surface area contributed by atoms with Crippen molar-refractivity contribution in [3.63, 3.8) is 0 Å². The van der Waals surface area contributed by atoms with Crippen LogP contribution in [0, 0.1) is 5.92 Å². The molecule has 2 heterocycles. The number of benzene rings is 1. The van der Waals surface area contributed by atoms with Crippen LogP contribution in [0.1, 0.15) is 25.3 Å². The molecule has 108 valence electrons. The number of rotatable bonds is 2. The molecule has 0 saturated heterocycles. The number of aromatic amines is 1. The number of hydrogen-bond acceptors (Lipinski definition) is 2. The van der Waals surface area contributed by atoms with E-state index in [1.165, 1.54) is 24.9 Å². The molecule has 1 aliphatic heterocycles. The highest BCUT2D eigenvalue weighted by Gasteiger charge is 2.29. The van der Waals surface area contributed by atoms with Gasteiger partial charge in [-0.15, -0.1) is 0 Å². The Kier molecular flexibility index (Phi) is 3.18. The smallest absolute Gasteiger partial charge is 0.326 e. The molecule has 1 atom stereocenters. The van der Waals surface area contributed by atoms with Crippen LogP contribution in [-0.4, -0.2) is 32.5 Å². The zero-order chi connectivity index (χ0) is 13.0. The maximum atomic E-state index is 12.1. The van der Waals surface area contributed by atoms with Crippen molar-refractivity contribution in [1.82, 2.24) is 14.5 Å². The first-order chi connectivity index (χ1) is 9.22. The van der Waals surface area contributed by atoms with E-state index in [9.17, 15) is 4.79 Å². The normalized spacial score (nSPS) is 22.6. The second kappa shape index (κ2) is 4.75. The first-order valence-electron chi connectivity index (χ1n) is 7.17. The Morgan fingerprint density at radius 1 is 1.35 bits per heavy atom. The van der Waals surface area contributed by atoms with Gasteiger partial charge in [0, 0.05) is 25.7 Å². The number of H-pyrrole nitrogens is 1. The zero-order valence-corrected chi connectivity index (χ0v) is 11.7. The molecule has 0 spiro atoms. The van der Waals surface area contributed by atoms with E-state index in [2.05, 4.69) is 22.9 Å². The van der Waals surface area contributed by atoms with Gasteiger partial charge in [-0.05, 0) is 37.3 Å². The van der Waals surface area contributed by atoms with Crippen molar-refractivity contribution >= 4 is 11.0 Å². The standard InChI is InChI=1S/C15H19N3O.H2O/c1-10-7-18-14-12(9-17(10)8-11-5-6-11)3-2-4-13(14)16-15(18)19;/h2-4,10-11H,5-9H2,1H3,(H,16,19);1H2. The van der Waals surface area contributed by atoms with Gasteiger partial charge < -0.3 is 10.5 Å². The molecule has 1 aromatic carbocycles. The van der Waals surface area contributed by atoms with Crippen LogP contribution in [-0.2, 0) is 13.1 Å². The summed E-state index contributed by atoms with van der Waals surface area (Å²) in [6.45, 7) is 5.18. The van der Waals surface area contributed by atoms with Gasteiger partial charge >= 0.3 is 5.69 Å². The van der Waals surface area contributed by atoms with Gasteiger partial charge in [0.15, 0.2) is 0 Å². The Hall–Kier alpha value is -1.59. The molecule has 0 radical (unpaired) electrons. The molecule has 1 aromatic heterocycles. The van der Waals surface area contributed by atoms with Crippen LogP contribution in [0.4, 0.5) is 0 Å². The average molecular weight is 275 g/mol. The Morgan fingerprint density at radius 2 is 2.15 bits per heavy atom. The lowest BCUT2D eigenvalue weighted by molar-refractivity contribution is 0.181. The van der Waals surface area contributed by atoms with Gasteiger partial charge in [-0.1, -0.05) is 12.1 Å². The lowest BCUT2D eigenvalue weighted by Crippen LogP contribution is -2.37. The van der Waals surface area contributed by atoms with Crippen LogP contribution in [0.3, 0.4) is 0 Å². The third-order valence-electron chi connectivity index (χ3n) is 4.51. The molecule has 20 heavy (non-hydrogen) atoms. The molecule has 1 aliphatic carbocycles. The summed E-state index contributed by atoms with van der Waals surface area (Å²) in [5.41, 5.74) is 3.39. The Bertz CT molecular complexity index is 684. The van der Waals surface area contributed by atoms with Crippen molar-refractivity contribution in [2.24, 2.45) is 5.92 Å². The third-order valence-corrected chi connectivity index (χ3v) is 4.51. The fourth-order valence-corrected chi connectivity index (χ4v) is 3.23. The summed E-state index contributed by atoms with van der Waals surface area (Å²) >= 11 is 0. The minimum absolute atomic E-state index is 0. The third kappa shape index (κ3) is 2.07. The fourth-order valence-electron chi connectivity index (χ4n) is 3.23. The minimum Gasteiger partial charge on any atom is -0.412 e. The van der Waals surface area contributed by atoms with Crippen molar-refractivity contribution in [1.29, 1.82) is 0 Å². The minimum atomic E-state index is 0. The summed E-state index contributed by atoms with van der Waals surface area (Å²) in [5.74, 6) is 0.886. The Morgan fingerprint density at radius 3 is 2.90 bits per heavy atom. The molecule has 3 N–H and O–H groups in total. The van der Waals surface area contributed by atoms with Crippen LogP contribution in [0.25, 0.3) is 11.0 Å². The maximum absolute atomic E-state index is 12.1. The van der Waals surface area contributed by atoms with Crippen molar-refractivity contribution in [2.75, 3.05) is 6.54 Å². The summed E-state index contributed by atoms with van der Waals surface area (Å²) in [7, 11) is 0. The van der Waals surface area contributed by atoms with Crippen molar-refractivity contribution < 1.29 is 5.48 Å². The maximum Gasteiger partial charge on any atom is 0.326 e. The molecule has 1 fully saturated rings. The second-order valence-electron chi connectivity index (χ2n) is 6.08. The number of para-hydroxylation sites is 1. The highest BCUT2D eigenvalue weighted by Crippen LogP contribution is 2.32. The molecule has 0 bridgehead atoms. The van der Waals surface area contributed by atoms with Crippen LogP contribution in [0.2, 0.25) is 0 Å². The number of nitrogens with zero attached hydrogens (tertiary/aromatic N) is 2. The molecule has 2 aliphatic rings. The summed E-state index contributed by atoms with van der Waals surface area (Å²) in [6, 6.07) is 6.62. The summed E-state index contributed by atoms with van der Waals surface area (Å²) in [4.78, 5) is 17.6. The van der Waals surface area contributed by atoms with Crippen LogP contribution < -0.4 is 5.69 Å². The number of imidazole rings is 1. The van der Waals surface area contributed by atoms with E-state index in [4.69, 9.17) is 0 Å². The first kappa shape index (κ1) is 13.4. The number of nitrogens with one attached hydrogen (secondary N) is 1. The molecule has 2 aromatic rings. The molecule has 5 heteroatoms. The SMILES string of the molecule is CC1Cn2c(=O)[nH]c3cccc(c32)CN1CC1CC1.O. The van der Waals surface area contributed by atoms with E-state index in [1.807, 2.05) is 16.7 Å². The lowest BCUT2D eigenvalue weighted by atomic mass is 10.1. The van der Waals surface area contributed by atoms with Gasteiger partial charge in [0.05, 0.1) is 11.0 Å². The van der Waals surface area contributed by atoms with Gasteiger partial charge in [0.2, 0.25) is 0 Å². The largest absolute Gasteiger partial charge is 0.412 e. The van der Waals surface area contributed by atoms with E-state index in [-0.39, 0.29) is 11.2 Å². The summed E-state index contributed by atoms with van der Waals surface area (Å²) in [6.07, 6.45) is 2.75. The van der Waals surface area contributed by atoms with Crippen molar-refractivity contribution in [3.8, 4) is 0 Å². The van der Waals surface area contributed by atoms with E-state index in [0.29, 0.717) is 6.04 Å². The molecule has 1 unspecified atom stereocenters. The van der Waals surface area contributed by atoms with Gasteiger partial charge in [0.1, 0.15) is 0 Å². The van der Waals surface area contributed by atoms with Gasteiger partial charge in [-0.2, -0.15) is 0 Å². The Labute approximate surface area is 117 Å². The van der Waals surface area contributed by atoms with Crippen LogP contribution in [0.15, 0.2) is 23.0 Å². The van der Waals surface area contributed by atoms with Crippen molar-refractivity contribution in [3.05, 3.63) is 34.2 Å². The second-order valence-corrected chi connectivity index (χ2v) is 6.08. The van der Waals surface area contributed by atoms with E-state index < -0.39 is 0 Å². The molecule has 5 nitrogen and oxygen atoms in total. The monoisotopic (exact) mass is 275 g/mol.